The molecule has 0 saturated heterocycles. The predicted octanol–water partition coefficient (Wildman–Crippen LogP) is 1.50. The summed E-state index contributed by atoms with van der Waals surface area (Å²) in [6, 6.07) is 3.92. The third kappa shape index (κ3) is 2.16. The monoisotopic (exact) mass is 219 g/mol. The van der Waals surface area contributed by atoms with Crippen molar-refractivity contribution in [2.24, 2.45) is 0 Å². The molecule has 0 spiro atoms. The number of hydrogen-bond donors (Lipinski definition) is 2. The van der Waals surface area contributed by atoms with Gasteiger partial charge in [-0.2, -0.15) is 0 Å². The molecule has 2 N–H and O–H groups in total. The Morgan fingerprint density at radius 1 is 1.12 bits per heavy atom. The van der Waals surface area contributed by atoms with E-state index in [1.54, 1.807) is 4.90 Å². The summed E-state index contributed by atoms with van der Waals surface area (Å²) in [6.07, 6.45) is 4.81. The van der Waals surface area contributed by atoms with Gasteiger partial charge in [0.15, 0.2) is 0 Å². The molecule has 2 rings (SSSR count). The highest BCUT2D eigenvalue weighted by Gasteiger charge is 2.16. The van der Waals surface area contributed by atoms with Gasteiger partial charge in [0.1, 0.15) is 11.5 Å². The number of hydrogen-bond acceptors (Lipinski definition) is 3. The fraction of sp³-hybridized carbons (Fsp3) is 0.250. The van der Waals surface area contributed by atoms with Crippen LogP contribution >= 0.6 is 0 Å². The van der Waals surface area contributed by atoms with Crippen LogP contribution in [-0.4, -0.2) is 34.1 Å². The van der Waals surface area contributed by atoms with Gasteiger partial charge in [0.25, 0.3) is 5.91 Å². The van der Waals surface area contributed by atoms with Crippen LogP contribution in [0.3, 0.4) is 0 Å². The smallest absolute Gasteiger partial charge is 0.254 e. The maximum atomic E-state index is 12.0. The van der Waals surface area contributed by atoms with E-state index in [4.69, 9.17) is 0 Å². The average molecular weight is 219 g/mol. The SMILES string of the molecule is O=C(c1cc(O)cc(O)c1)N1CC=CCC1. The van der Waals surface area contributed by atoms with Gasteiger partial charge >= 0.3 is 0 Å². The fourth-order valence-corrected chi connectivity index (χ4v) is 1.73. The number of carbonyl (C=O) groups excluding carboxylic acids is 1. The van der Waals surface area contributed by atoms with Crippen molar-refractivity contribution < 1.29 is 15.0 Å². The van der Waals surface area contributed by atoms with Crippen LogP contribution in [0.5, 0.6) is 11.5 Å². The van der Waals surface area contributed by atoms with Crippen molar-refractivity contribution in [2.75, 3.05) is 13.1 Å². The number of phenolic OH excluding ortho intramolecular Hbond substituents is 2. The summed E-state index contributed by atoms with van der Waals surface area (Å²) in [7, 11) is 0. The minimum absolute atomic E-state index is 0.101. The van der Waals surface area contributed by atoms with E-state index in [0.29, 0.717) is 18.7 Å². The quantitative estimate of drug-likeness (QED) is 0.704. The number of carbonyl (C=O) groups is 1. The van der Waals surface area contributed by atoms with E-state index in [1.165, 1.54) is 18.2 Å². The topological polar surface area (TPSA) is 60.8 Å². The summed E-state index contributed by atoms with van der Waals surface area (Å²) in [5, 5.41) is 18.6. The zero-order valence-corrected chi connectivity index (χ0v) is 8.76. The normalized spacial score (nSPS) is 15.1. The van der Waals surface area contributed by atoms with E-state index in [1.807, 2.05) is 12.2 Å². The second-order valence-corrected chi connectivity index (χ2v) is 3.75. The van der Waals surface area contributed by atoms with Crippen molar-refractivity contribution in [1.82, 2.24) is 4.90 Å². The Bertz CT molecular complexity index is 420. The highest BCUT2D eigenvalue weighted by atomic mass is 16.3. The zero-order chi connectivity index (χ0) is 11.5. The van der Waals surface area contributed by atoms with Crippen molar-refractivity contribution in [2.45, 2.75) is 6.42 Å². The zero-order valence-electron chi connectivity index (χ0n) is 8.76. The van der Waals surface area contributed by atoms with Crippen LogP contribution in [0.4, 0.5) is 0 Å². The van der Waals surface area contributed by atoms with Gasteiger partial charge in [-0.15, -0.1) is 0 Å². The van der Waals surface area contributed by atoms with Crippen LogP contribution in [0.1, 0.15) is 16.8 Å². The third-order valence-corrected chi connectivity index (χ3v) is 2.49. The second kappa shape index (κ2) is 4.26. The highest BCUT2D eigenvalue weighted by Crippen LogP contribution is 2.21. The van der Waals surface area contributed by atoms with Crippen LogP contribution in [0.15, 0.2) is 30.4 Å². The molecule has 4 nitrogen and oxygen atoms in total. The van der Waals surface area contributed by atoms with Crippen LogP contribution in [0, 0.1) is 0 Å². The summed E-state index contributed by atoms with van der Waals surface area (Å²) in [4.78, 5) is 13.6. The molecule has 1 aromatic carbocycles. The highest BCUT2D eigenvalue weighted by molar-refractivity contribution is 5.95. The first-order valence-corrected chi connectivity index (χ1v) is 5.14. The van der Waals surface area contributed by atoms with Gasteiger partial charge in [-0.1, -0.05) is 12.2 Å². The maximum absolute atomic E-state index is 12.0. The Hall–Kier alpha value is -1.97. The van der Waals surface area contributed by atoms with Gasteiger partial charge in [-0.25, -0.2) is 0 Å². The van der Waals surface area contributed by atoms with E-state index in [2.05, 4.69) is 0 Å². The van der Waals surface area contributed by atoms with Gasteiger partial charge < -0.3 is 15.1 Å². The van der Waals surface area contributed by atoms with E-state index in [9.17, 15) is 15.0 Å². The second-order valence-electron chi connectivity index (χ2n) is 3.75. The van der Waals surface area contributed by atoms with Crippen molar-refractivity contribution in [3.05, 3.63) is 35.9 Å². The van der Waals surface area contributed by atoms with Gasteiger partial charge in [0.2, 0.25) is 0 Å². The Kier molecular flexibility index (Phi) is 2.81. The average Bonchev–Trinajstić information content (AvgIpc) is 2.28. The molecule has 0 unspecified atom stereocenters. The standard InChI is InChI=1S/C12H13NO3/c14-10-6-9(7-11(15)8-10)12(16)13-4-2-1-3-5-13/h1-2,6-8,14-15H,3-5H2. The number of benzene rings is 1. The van der Waals surface area contributed by atoms with Crippen molar-refractivity contribution in [3.63, 3.8) is 0 Å². The molecular formula is C12H13NO3. The molecule has 0 aromatic heterocycles. The number of nitrogens with zero attached hydrogens (tertiary/aromatic N) is 1. The molecule has 16 heavy (non-hydrogen) atoms. The Labute approximate surface area is 93.4 Å². The number of aromatic hydroxyl groups is 2. The molecule has 1 aliphatic rings. The minimum Gasteiger partial charge on any atom is -0.508 e. The molecule has 0 fully saturated rings. The van der Waals surface area contributed by atoms with Crippen LogP contribution < -0.4 is 0 Å². The van der Waals surface area contributed by atoms with E-state index >= 15 is 0 Å². The first kappa shape index (κ1) is 10.5. The molecule has 0 saturated carbocycles. The van der Waals surface area contributed by atoms with Crippen LogP contribution in [0.25, 0.3) is 0 Å². The molecule has 4 heteroatoms. The maximum Gasteiger partial charge on any atom is 0.254 e. The number of phenols is 2. The lowest BCUT2D eigenvalue weighted by Crippen LogP contribution is -2.33. The van der Waals surface area contributed by atoms with Gasteiger partial charge in [-0.05, 0) is 18.6 Å². The van der Waals surface area contributed by atoms with Gasteiger partial charge in [0.05, 0.1) is 0 Å². The molecule has 0 radical (unpaired) electrons. The predicted molar refractivity (Wildman–Crippen MR) is 59.4 cm³/mol. The summed E-state index contributed by atoms with van der Waals surface area (Å²) in [6.45, 7) is 1.25. The molecular weight excluding hydrogens is 206 g/mol. The van der Waals surface area contributed by atoms with Crippen molar-refractivity contribution >= 4 is 5.91 Å². The molecule has 1 aromatic rings. The first-order valence-electron chi connectivity index (χ1n) is 5.14. The largest absolute Gasteiger partial charge is 0.508 e. The summed E-state index contributed by atoms with van der Waals surface area (Å²) in [5.41, 5.74) is 0.313. The number of rotatable bonds is 1. The molecule has 84 valence electrons. The van der Waals surface area contributed by atoms with Crippen molar-refractivity contribution in [1.29, 1.82) is 0 Å². The van der Waals surface area contributed by atoms with Crippen LogP contribution in [0.2, 0.25) is 0 Å². The van der Waals surface area contributed by atoms with Crippen LogP contribution in [-0.2, 0) is 0 Å². The Morgan fingerprint density at radius 3 is 2.38 bits per heavy atom. The minimum atomic E-state index is -0.171. The lowest BCUT2D eigenvalue weighted by molar-refractivity contribution is 0.0770. The van der Waals surface area contributed by atoms with Crippen molar-refractivity contribution in [3.8, 4) is 11.5 Å². The molecule has 1 heterocycles. The molecule has 1 amide bonds. The summed E-state index contributed by atoms with van der Waals surface area (Å²) >= 11 is 0. The van der Waals surface area contributed by atoms with Gasteiger partial charge in [0, 0.05) is 24.7 Å². The molecule has 0 aliphatic carbocycles. The first-order chi connectivity index (χ1) is 7.66. The molecule has 1 aliphatic heterocycles. The number of amides is 1. The summed E-state index contributed by atoms with van der Waals surface area (Å²) < 4.78 is 0. The Morgan fingerprint density at radius 2 is 1.81 bits per heavy atom. The lowest BCUT2D eigenvalue weighted by atomic mass is 10.1. The summed E-state index contributed by atoms with van der Waals surface area (Å²) in [5.74, 6) is -0.373. The molecule has 0 atom stereocenters. The van der Waals surface area contributed by atoms with E-state index in [0.717, 1.165) is 6.42 Å². The fourth-order valence-electron chi connectivity index (χ4n) is 1.73. The third-order valence-electron chi connectivity index (χ3n) is 2.49. The van der Waals surface area contributed by atoms with E-state index in [-0.39, 0.29) is 17.4 Å². The van der Waals surface area contributed by atoms with E-state index < -0.39 is 0 Å². The lowest BCUT2D eigenvalue weighted by Gasteiger charge is -2.23. The van der Waals surface area contributed by atoms with Gasteiger partial charge in [-0.3, -0.25) is 4.79 Å². The molecule has 0 bridgehead atoms. The Balaban J connectivity index is 2.23.